The smallest absolute Gasteiger partial charge is 0.257 e. The second-order valence-corrected chi connectivity index (χ2v) is 11.8. The van der Waals surface area contributed by atoms with Crippen molar-refractivity contribution in [2.45, 2.75) is 58.8 Å². The molecule has 1 amide bonds. The van der Waals surface area contributed by atoms with Gasteiger partial charge in [0.25, 0.3) is 5.91 Å². The molecule has 200 valence electrons. The maximum Gasteiger partial charge on any atom is 0.257 e. The molecule has 8 heteroatoms. The van der Waals surface area contributed by atoms with Crippen molar-refractivity contribution in [3.63, 3.8) is 0 Å². The minimum absolute atomic E-state index is 0. The van der Waals surface area contributed by atoms with Crippen LogP contribution in [0.15, 0.2) is 58.9 Å². The van der Waals surface area contributed by atoms with Crippen molar-refractivity contribution >= 4 is 41.2 Å². The number of aromatic hydroxyl groups is 1. The molecule has 1 heterocycles. The van der Waals surface area contributed by atoms with Crippen molar-refractivity contribution in [2.24, 2.45) is 10.7 Å². The average Bonchev–Trinajstić information content (AvgIpc) is 3.33. The zero-order valence-electron chi connectivity index (χ0n) is 22.4. The number of carbonyl (C=O) groups is 1. The molecule has 0 fully saturated rings. The standard InChI is InChI=1S/C29H37N3O3S.ClH/c1-28(2,3)22-16-21(17-23(26(22)34)29(4,5)6)35-18-25(33)31-14-13-19-9-11-20(12-10-19)32-27(30)24-8-7-15-36-24;/h7-12,15-17,34H,13-14,18H2,1-6H3,(H2,30,32)(H,31,33);1H. The summed E-state index contributed by atoms with van der Waals surface area (Å²) >= 11 is 1.56. The summed E-state index contributed by atoms with van der Waals surface area (Å²) in [7, 11) is 0. The molecule has 0 saturated heterocycles. The number of amidine groups is 1. The highest BCUT2D eigenvalue weighted by Gasteiger charge is 2.27. The van der Waals surface area contributed by atoms with Gasteiger partial charge in [-0.3, -0.25) is 4.79 Å². The van der Waals surface area contributed by atoms with Crippen LogP contribution in [0, 0.1) is 0 Å². The molecule has 1 aromatic heterocycles. The van der Waals surface area contributed by atoms with Crippen LogP contribution < -0.4 is 15.8 Å². The first-order valence-electron chi connectivity index (χ1n) is 12.1. The fourth-order valence-corrected chi connectivity index (χ4v) is 4.36. The third-order valence-electron chi connectivity index (χ3n) is 5.76. The van der Waals surface area contributed by atoms with Crippen molar-refractivity contribution in [2.75, 3.05) is 13.2 Å². The molecule has 3 aromatic rings. The molecule has 0 aliphatic rings. The van der Waals surface area contributed by atoms with Crippen LogP contribution in [0.5, 0.6) is 11.5 Å². The van der Waals surface area contributed by atoms with Crippen LogP contribution in [0.25, 0.3) is 0 Å². The average molecular weight is 544 g/mol. The summed E-state index contributed by atoms with van der Waals surface area (Å²) in [6, 6.07) is 15.4. The van der Waals surface area contributed by atoms with E-state index in [1.54, 1.807) is 11.3 Å². The van der Waals surface area contributed by atoms with E-state index in [1.807, 2.05) is 95.5 Å². The van der Waals surface area contributed by atoms with E-state index in [-0.39, 0.29) is 41.5 Å². The first kappa shape index (κ1) is 30.2. The van der Waals surface area contributed by atoms with Gasteiger partial charge in [0.2, 0.25) is 0 Å². The van der Waals surface area contributed by atoms with Gasteiger partial charge in [-0.15, -0.1) is 23.7 Å². The molecule has 0 radical (unpaired) electrons. The van der Waals surface area contributed by atoms with E-state index < -0.39 is 0 Å². The van der Waals surface area contributed by atoms with Crippen molar-refractivity contribution in [3.8, 4) is 11.5 Å². The van der Waals surface area contributed by atoms with Crippen LogP contribution in [0.3, 0.4) is 0 Å². The Morgan fingerprint density at radius 3 is 2.14 bits per heavy atom. The molecule has 0 aliphatic carbocycles. The normalized spacial score (nSPS) is 12.1. The largest absolute Gasteiger partial charge is 0.507 e. The van der Waals surface area contributed by atoms with Crippen molar-refractivity contribution in [1.82, 2.24) is 5.32 Å². The molecule has 0 unspecified atom stereocenters. The zero-order chi connectivity index (χ0) is 26.5. The Labute approximate surface area is 230 Å². The summed E-state index contributed by atoms with van der Waals surface area (Å²) in [5, 5.41) is 15.7. The van der Waals surface area contributed by atoms with Crippen LogP contribution >= 0.6 is 23.7 Å². The summed E-state index contributed by atoms with van der Waals surface area (Å²) < 4.78 is 5.83. The number of phenolic OH excluding ortho intramolecular Hbond substituents is 1. The number of ether oxygens (including phenoxy) is 1. The second kappa shape index (κ2) is 12.5. The predicted octanol–water partition coefficient (Wildman–Crippen LogP) is 6.25. The summed E-state index contributed by atoms with van der Waals surface area (Å²) in [5.41, 5.74) is 9.01. The first-order chi connectivity index (χ1) is 16.8. The van der Waals surface area contributed by atoms with Gasteiger partial charge < -0.3 is 20.9 Å². The van der Waals surface area contributed by atoms with E-state index in [0.29, 0.717) is 24.6 Å². The molecule has 3 rings (SSSR count). The monoisotopic (exact) mass is 543 g/mol. The number of carbonyl (C=O) groups excluding carboxylic acids is 1. The van der Waals surface area contributed by atoms with Crippen molar-refractivity contribution < 1.29 is 14.6 Å². The Balaban J connectivity index is 0.00000481. The number of thiophene rings is 1. The lowest BCUT2D eigenvalue weighted by atomic mass is 9.79. The number of halogens is 1. The van der Waals surface area contributed by atoms with Gasteiger partial charge in [0.15, 0.2) is 6.61 Å². The third kappa shape index (κ3) is 8.51. The van der Waals surface area contributed by atoms with Crippen LogP contribution in [0.1, 0.15) is 63.1 Å². The van der Waals surface area contributed by atoms with Gasteiger partial charge in [0, 0.05) is 17.7 Å². The quantitative estimate of drug-likeness (QED) is 0.231. The van der Waals surface area contributed by atoms with E-state index in [2.05, 4.69) is 10.3 Å². The number of hydrogen-bond acceptors (Lipinski definition) is 5. The molecule has 0 aliphatic heterocycles. The summed E-state index contributed by atoms with van der Waals surface area (Å²) in [5.74, 6) is 1.18. The van der Waals surface area contributed by atoms with E-state index in [1.165, 1.54) is 0 Å². The molecule has 0 spiro atoms. The molecule has 0 atom stereocenters. The van der Waals surface area contributed by atoms with Gasteiger partial charge in [-0.25, -0.2) is 4.99 Å². The molecular formula is C29H38ClN3O3S. The first-order valence-corrected chi connectivity index (χ1v) is 13.0. The molecule has 0 bridgehead atoms. The fourth-order valence-electron chi connectivity index (χ4n) is 3.74. The maximum absolute atomic E-state index is 12.4. The molecule has 37 heavy (non-hydrogen) atoms. The Morgan fingerprint density at radius 2 is 1.62 bits per heavy atom. The fraction of sp³-hybridized carbons (Fsp3) is 0.379. The number of amides is 1. The SMILES string of the molecule is CC(C)(C)c1cc(OCC(=O)NCCc2ccc(N=C(N)c3cccs3)cc2)cc(C(C)(C)C)c1O.Cl. The van der Waals surface area contributed by atoms with Gasteiger partial charge in [0.1, 0.15) is 17.3 Å². The van der Waals surface area contributed by atoms with Crippen LogP contribution in [0.2, 0.25) is 0 Å². The predicted molar refractivity (Wildman–Crippen MR) is 156 cm³/mol. The summed E-state index contributed by atoms with van der Waals surface area (Å²) in [6.45, 7) is 12.7. The number of phenols is 1. The number of nitrogens with one attached hydrogen (secondary N) is 1. The van der Waals surface area contributed by atoms with Gasteiger partial charge in [-0.2, -0.15) is 0 Å². The van der Waals surface area contributed by atoms with Gasteiger partial charge >= 0.3 is 0 Å². The lowest BCUT2D eigenvalue weighted by molar-refractivity contribution is -0.123. The summed E-state index contributed by atoms with van der Waals surface area (Å²) in [6.07, 6.45) is 0.692. The van der Waals surface area contributed by atoms with Crippen molar-refractivity contribution in [1.29, 1.82) is 0 Å². The van der Waals surface area contributed by atoms with Crippen LogP contribution in [0.4, 0.5) is 5.69 Å². The Kier molecular flexibility index (Phi) is 10.2. The minimum atomic E-state index is -0.262. The van der Waals surface area contributed by atoms with E-state index in [4.69, 9.17) is 10.5 Å². The zero-order valence-corrected chi connectivity index (χ0v) is 24.1. The molecule has 0 saturated carbocycles. The molecular weight excluding hydrogens is 506 g/mol. The number of nitrogens with zero attached hydrogens (tertiary/aromatic N) is 1. The van der Waals surface area contributed by atoms with Gasteiger partial charge in [-0.1, -0.05) is 59.7 Å². The Bertz CT molecular complexity index is 1170. The second-order valence-electron chi connectivity index (χ2n) is 10.9. The lowest BCUT2D eigenvalue weighted by Gasteiger charge is -2.28. The van der Waals surface area contributed by atoms with E-state index >= 15 is 0 Å². The topological polar surface area (TPSA) is 96.9 Å². The third-order valence-corrected chi connectivity index (χ3v) is 6.66. The highest BCUT2D eigenvalue weighted by molar-refractivity contribution is 7.12. The summed E-state index contributed by atoms with van der Waals surface area (Å²) in [4.78, 5) is 17.8. The van der Waals surface area contributed by atoms with Gasteiger partial charge in [0.05, 0.1) is 10.6 Å². The number of benzene rings is 2. The lowest BCUT2D eigenvalue weighted by Crippen LogP contribution is -2.30. The van der Waals surface area contributed by atoms with Crippen LogP contribution in [-0.4, -0.2) is 30.0 Å². The minimum Gasteiger partial charge on any atom is -0.507 e. The van der Waals surface area contributed by atoms with E-state index in [0.717, 1.165) is 27.3 Å². The molecule has 4 N–H and O–H groups in total. The highest BCUT2D eigenvalue weighted by Crippen LogP contribution is 2.41. The van der Waals surface area contributed by atoms with Gasteiger partial charge in [-0.05, 0) is 58.5 Å². The Hall–Kier alpha value is -3.03. The van der Waals surface area contributed by atoms with Crippen LogP contribution in [-0.2, 0) is 22.0 Å². The van der Waals surface area contributed by atoms with Crippen molar-refractivity contribution in [3.05, 3.63) is 75.5 Å². The molecule has 2 aromatic carbocycles. The Morgan fingerprint density at radius 1 is 1.03 bits per heavy atom. The van der Waals surface area contributed by atoms with E-state index in [9.17, 15) is 9.90 Å². The highest BCUT2D eigenvalue weighted by atomic mass is 35.5. The number of hydrogen-bond donors (Lipinski definition) is 3. The number of aliphatic imine (C=N–C) groups is 1. The maximum atomic E-state index is 12.4. The molecule has 6 nitrogen and oxygen atoms in total. The number of rotatable bonds is 8. The number of nitrogens with two attached hydrogens (primary N) is 1.